The van der Waals surface area contributed by atoms with E-state index in [1.807, 2.05) is 0 Å². The fourth-order valence-corrected chi connectivity index (χ4v) is 6.49. The molecule has 0 saturated heterocycles. The van der Waals surface area contributed by atoms with Crippen molar-refractivity contribution in [1.82, 2.24) is 24.2 Å². The highest BCUT2D eigenvalue weighted by Gasteiger charge is 2.37. The number of rotatable bonds is 12. The Morgan fingerprint density at radius 1 is 1.23 bits per heavy atom. The van der Waals surface area contributed by atoms with Gasteiger partial charge in [-0.1, -0.05) is 11.3 Å². The standard InChI is InChI=1S/C30H36FN5O6S/c1-18-24-25(37)36(30(2,3)28(38)33-20-8-6-9-20)29(39)34(27(24)43-26(18)35-13-7-12-32-35)17-23(42-15-14-40-4)21-16-19(31)10-11-22(21)41-5/h7,10-13,16,20,23H,6,8-9,14-15,17H2,1-5H3,(H,33,38). The van der Waals surface area contributed by atoms with Crippen molar-refractivity contribution in [2.24, 2.45) is 0 Å². The molecule has 43 heavy (non-hydrogen) atoms. The minimum atomic E-state index is -1.51. The fraction of sp³-hybridized carbons (Fsp3) is 0.467. The Morgan fingerprint density at radius 3 is 2.63 bits per heavy atom. The van der Waals surface area contributed by atoms with Gasteiger partial charge in [0.1, 0.15) is 33.0 Å². The second kappa shape index (κ2) is 12.4. The van der Waals surface area contributed by atoms with Gasteiger partial charge in [-0.25, -0.2) is 18.4 Å². The van der Waals surface area contributed by atoms with E-state index in [0.29, 0.717) is 32.1 Å². The van der Waals surface area contributed by atoms with Gasteiger partial charge in [0.2, 0.25) is 5.91 Å². The highest BCUT2D eigenvalue weighted by Crippen LogP contribution is 2.34. The maximum Gasteiger partial charge on any atom is 0.333 e. The maximum absolute atomic E-state index is 14.5. The molecule has 0 radical (unpaired) electrons. The lowest BCUT2D eigenvalue weighted by Gasteiger charge is -2.32. The topological polar surface area (TPSA) is 119 Å². The second-order valence-electron chi connectivity index (χ2n) is 11.1. The number of amides is 1. The van der Waals surface area contributed by atoms with Gasteiger partial charge < -0.3 is 19.5 Å². The molecule has 3 heterocycles. The van der Waals surface area contributed by atoms with Crippen LogP contribution in [0.5, 0.6) is 5.75 Å². The average Bonchev–Trinajstić information content (AvgIpc) is 3.60. The van der Waals surface area contributed by atoms with Crippen LogP contribution in [-0.2, 0) is 26.4 Å². The smallest absolute Gasteiger partial charge is 0.333 e. The number of carbonyl (C=O) groups excluding carboxylic acids is 1. The molecule has 1 unspecified atom stereocenters. The number of nitrogens with zero attached hydrogens (tertiary/aromatic N) is 4. The zero-order valence-corrected chi connectivity index (χ0v) is 25.7. The molecule has 1 fully saturated rings. The number of methoxy groups -OCH3 is 2. The molecule has 13 heteroatoms. The summed E-state index contributed by atoms with van der Waals surface area (Å²) in [7, 11) is 3.00. The molecular formula is C30H36FN5O6S. The van der Waals surface area contributed by atoms with Crippen LogP contribution in [0.4, 0.5) is 4.39 Å². The first-order valence-corrected chi connectivity index (χ1v) is 14.9. The number of benzene rings is 1. The van der Waals surface area contributed by atoms with Gasteiger partial charge in [0, 0.05) is 36.7 Å². The minimum absolute atomic E-state index is 0.0155. The minimum Gasteiger partial charge on any atom is -0.496 e. The van der Waals surface area contributed by atoms with Gasteiger partial charge in [0.15, 0.2) is 0 Å². The van der Waals surface area contributed by atoms with Crippen LogP contribution < -0.4 is 21.3 Å². The van der Waals surface area contributed by atoms with Crippen LogP contribution in [0.25, 0.3) is 15.2 Å². The number of aryl methyl sites for hydroxylation is 1. The molecule has 3 aromatic heterocycles. The Balaban J connectivity index is 1.73. The summed E-state index contributed by atoms with van der Waals surface area (Å²) < 4.78 is 35.4. The average molecular weight is 614 g/mol. The molecule has 1 atom stereocenters. The monoisotopic (exact) mass is 613 g/mol. The summed E-state index contributed by atoms with van der Waals surface area (Å²) in [6, 6.07) is 5.86. The molecule has 0 bridgehead atoms. The van der Waals surface area contributed by atoms with E-state index < -0.39 is 34.6 Å². The Labute approximate surface area is 251 Å². The molecule has 0 spiro atoms. The molecule has 4 aromatic rings. The number of hydrogen-bond donors (Lipinski definition) is 1. The number of ether oxygens (including phenoxy) is 3. The predicted molar refractivity (Wildman–Crippen MR) is 161 cm³/mol. The van der Waals surface area contributed by atoms with Gasteiger partial charge in [-0.2, -0.15) is 5.10 Å². The van der Waals surface area contributed by atoms with Crippen molar-refractivity contribution in [3.8, 4) is 10.8 Å². The molecular weight excluding hydrogens is 577 g/mol. The fourth-order valence-electron chi connectivity index (χ4n) is 5.25. The summed E-state index contributed by atoms with van der Waals surface area (Å²) in [4.78, 5) is 42.5. The number of nitrogens with one attached hydrogen (secondary N) is 1. The van der Waals surface area contributed by atoms with E-state index in [2.05, 4.69) is 10.4 Å². The summed E-state index contributed by atoms with van der Waals surface area (Å²) in [5, 5.41) is 8.27. The Hall–Kier alpha value is -3.81. The van der Waals surface area contributed by atoms with Gasteiger partial charge in [0.05, 0.1) is 32.3 Å². The van der Waals surface area contributed by atoms with Gasteiger partial charge in [-0.05, 0) is 64.3 Å². The highest BCUT2D eigenvalue weighted by atomic mass is 32.1. The van der Waals surface area contributed by atoms with Crippen LogP contribution in [0.15, 0.2) is 46.2 Å². The van der Waals surface area contributed by atoms with Crippen LogP contribution in [0.2, 0.25) is 0 Å². The van der Waals surface area contributed by atoms with E-state index in [-0.39, 0.29) is 25.8 Å². The summed E-state index contributed by atoms with van der Waals surface area (Å²) in [6.45, 7) is 5.23. The van der Waals surface area contributed by atoms with Crippen molar-refractivity contribution >= 4 is 27.5 Å². The molecule has 1 N–H and O–H groups in total. The van der Waals surface area contributed by atoms with Gasteiger partial charge >= 0.3 is 5.69 Å². The lowest BCUT2D eigenvalue weighted by atomic mass is 9.91. The zero-order valence-electron chi connectivity index (χ0n) is 24.9. The Kier molecular flexibility index (Phi) is 8.86. The van der Waals surface area contributed by atoms with Crippen molar-refractivity contribution < 1.29 is 23.4 Å². The lowest BCUT2D eigenvalue weighted by Crippen LogP contribution is -2.57. The van der Waals surface area contributed by atoms with Crippen molar-refractivity contribution in [3.05, 3.63) is 74.4 Å². The maximum atomic E-state index is 14.5. The van der Waals surface area contributed by atoms with Crippen molar-refractivity contribution in [1.29, 1.82) is 0 Å². The van der Waals surface area contributed by atoms with E-state index in [1.165, 1.54) is 48.3 Å². The third kappa shape index (κ3) is 5.76. The number of thiophene rings is 1. The summed E-state index contributed by atoms with van der Waals surface area (Å²) in [5.74, 6) is -0.538. The van der Waals surface area contributed by atoms with Crippen molar-refractivity contribution in [2.45, 2.75) is 64.3 Å². The van der Waals surface area contributed by atoms with Crippen LogP contribution >= 0.6 is 11.3 Å². The molecule has 1 aliphatic rings. The highest BCUT2D eigenvalue weighted by molar-refractivity contribution is 7.21. The molecule has 230 valence electrons. The molecule has 1 aliphatic carbocycles. The quantitative estimate of drug-likeness (QED) is 0.242. The van der Waals surface area contributed by atoms with Crippen LogP contribution in [0.3, 0.4) is 0 Å². The van der Waals surface area contributed by atoms with E-state index in [4.69, 9.17) is 14.2 Å². The van der Waals surface area contributed by atoms with Crippen molar-refractivity contribution in [2.75, 3.05) is 27.4 Å². The summed E-state index contributed by atoms with van der Waals surface area (Å²) in [6.07, 6.45) is 5.24. The largest absolute Gasteiger partial charge is 0.496 e. The molecule has 1 saturated carbocycles. The van der Waals surface area contributed by atoms with E-state index in [9.17, 15) is 18.8 Å². The lowest BCUT2D eigenvalue weighted by molar-refractivity contribution is -0.130. The summed E-state index contributed by atoms with van der Waals surface area (Å²) in [5.41, 5.74) is -1.76. The van der Waals surface area contributed by atoms with E-state index in [0.717, 1.165) is 23.8 Å². The summed E-state index contributed by atoms with van der Waals surface area (Å²) >= 11 is 1.23. The third-order valence-electron chi connectivity index (χ3n) is 7.95. The van der Waals surface area contributed by atoms with Gasteiger partial charge in [0.25, 0.3) is 5.56 Å². The molecule has 5 rings (SSSR count). The number of halogens is 1. The molecule has 11 nitrogen and oxygen atoms in total. The zero-order chi connectivity index (χ0) is 30.9. The second-order valence-corrected chi connectivity index (χ2v) is 12.1. The Morgan fingerprint density at radius 2 is 2.00 bits per heavy atom. The van der Waals surface area contributed by atoms with Gasteiger partial charge in [-0.15, -0.1) is 0 Å². The first-order valence-electron chi connectivity index (χ1n) is 14.1. The van der Waals surface area contributed by atoms with Crippen LogP contribution in [0.1, 0.15) is 50.3 Å². The number of fused-ring (bicyclic) bond motifs is 1. The third-order valence-corrected chi connectivity index (χ3v) is 9.25. The Bertz CT molecular complexity index is 1740. The number of aromatic nitrogens is 4. The van der Waals surface area contributed by atoms with Crippen molar-refractivity contribution in [3.63, 3.8) is 0 Å². The first-order chi connectivity index (χ1) is 20.6. The van der Waals surface area contributed by atoms with E-state index >= 15 is 0 Å². The molecule has 0 aliphatic heterocycles. The van der Waals surface area contributed by atoms with Gasteiger partial charge in [-0.3, -0.25) is 14.2 Å². The number of carbonyl (C=O) groups is 1. The van der Waals surface area contributed by atoms with Crippen LogP contribution in [-0.4, -0.2) is 58.3 Å². The predicted octanol–water partition coefficient (Wildman–Crippen LogP) is 3.67. The van der Waals surface area contributed by atoms with Crippen LogP contribution in [0, 0.1) is 12.7 Å². The first kappa shape index (κ1) is 30.6. The SMILES string of the molecule is COCCOC(Cn1c(=O)n(C(C)(C)C(=O)NC2CCC2)c(=O)c2c(C)c(-n3cccn3)sc21)c1cc(F)ccc1OC. The molecule has 1 aromatic carbocycles. The van der Waals surface area contributed by atoms with E-state index in [1.54, 1.807) is 43.9 Å². The number of hydrogen-bond acceptors (Lipinski definition) is 8. The normalized spacial score (nSPS) is 14.6. The molecule has 1 amide bonds.